The Morgan fingerprint density at radius 1 is 0.793 bits per heavy atom. The zero-order chi connectivity index (χ0) is 21.0. The van der Waals surface area contributed by atoms with Gasteiger partial charge in [0.25, 0.3) is 11.8 Å². The quantitative estimate of drug-likeness (QED) is 0.795. The average molecular weight is 395 g/mol. The number of carbonyl (C=O) groups is 2. The van der Waals surface area contributed by atoms with Crippen LogP contribution in [0.3, 0.4) is 0 Å². The van der Waals surface area contributed by atoms with Crippen LogP contribution >= 0.6 is 0 Å². The summed E-state index contributed by atoms with van der Waals surface area (Å²) in [6.07, 6.45) is 0.770. The van der Waals surface area contributed by atoms with Crippen LogP contribution in [0.15, 0.2) is 36.4 Å². The molecule has 1 heterocycles. The van der Waals surface area contributed by atoms with Gasteiger partial charge in [-0.2, -0.15) is 0 Å². The molecule has 2 amide bonds. The van der Waals surface area contributed by atoms with E-state index in [0.717, 1.165) is 17.5 Å². The molecule has 3 rings (SSSR count). The standard InChI is InChI=1S/C24H30N2O3/c1-17-6-8-21(14-19(17)3)24(28)26-11-5-10-25(12-13-26)23(27)16-29-22-9-7-18(2)20(4)15-22/h6-9,14-15H,5,10-13,16H2,1-4H3. The van der Waals surface area contributed by atoms with Gasteiger partial charge in [-0.1, -0.05) is 12.1 Å². The fraction of sp³-hybridized carbons (Fsp3) is 0.417. The van der Waals surface area contributed by atoms with Crippen molar-refractivity contribution in [3.05, 3.63) is 64.2 Å². The summed E-state index contributed by atoms with van der Waals surface area (Å²) in [5, 5.41) is 0. The predicted molar refractivity (Wildman–Crippen MR) is 114 cm³/mol. The third-order valence-electron chi connectivity index (χ3n) is 5.73. The van der Waals surface area contributed by atoms with E-state index in [0.29, 0.717) is 37.5 Å². The SMILES string of the molecule is Cc1ccc(OCC(=O)N2CCCN(C(=O)c3ccc(C)c(C)c3)CC2)cc1C. The summed E-state index contributed by atoms with van der Waals surface area (Å²) in [6, 6.07) is 11.7. The Kier molecular flexibility index (Phi) is 6.57. The summed E-state index contributed by atoms with van der Waals surface area (Å²) < 4.78 is 5.69. The number of nitrogens with zero attached hydrogens (tertiary/aromatic N) is 2. The fourth-order valence-electron chi connectivity index (χ4n) is 3.47. The molecular weight excluding hydrogens is 364 g/mol. The highest BCUT2D eigenvalue weighted by molar-refractivity contribution is 5.94. The van der Waals surface area contributed by atoms with Gasteiger partial charge < -0.3 is 14.5 Å². The van der Waals surface area contributed by atoms with E-state index in [4.69, 9.17) is 4.74 Å². The molecule has 2 aromatic carbocycles. The first-order valence-electron chi connectivity index (χ1n) is 10.2. The molecule has 29 heavy (non-hydrogen) atoms. The summed E-state index contributed by atoms with van der Waals surface area (Å²) >= 11 is 0. The molecular formula is C24H30N2O3. The maximum absolute atomic E-state index is 12.9. The maximum atomic E-state index is 12.9. The smallest absolute Gasteiger partial charge is 0.260 e. The van der Waals surface area contributed by atoms with Gasteiger partial charge in [-0.15, -0.1) is 0 Å². The zero-order valence-corrected chi connectivity index (χ0v) is 17.8. The molecule has 0 saturated carbocycles. The molecule has 5 heteroatoms. The minimum absolute atomic E-state index is 0.0214. The molecule has 1 saturated heterocycles. The van der Waals surface area contributed by atoms with Crippen LogP contribution < -0.4 is 4.74 Å². The van der Waals surface area contributed by atoms with Gasteiger partial charge in [0.1, 0.15) is 5.75 Å². The summed E-state index contributed by atoms with van der Waals surface area (Å²) in [7, 11) is 0. The van der Waals surface area contributed by atoms with Gasteiger partial charge in [0.15, 0.2) is 6.61 Å². The van der Waals surface area contributed by atoms with E-state index in [1.165, 1.54) is 11.1 Å². The van der Waals surface area contributed by atoms with E-state index in [-0.39, 0.29) is 18.4 Å². The Labute approximate surface area is 173 Å². The molecule has 0 bridgehead atoms. The van der Waals surface area contributed by atoms with Crippen molar-refractivity contribution in [2.75, 3.05) is 32.8 Å². The van der Waals surface area contributed by atoms with Crippen LogP contribution in [0.5, 0.6) is 5.75 Å². The number of carbonyl (C=O) groups excluding carboxylic acids is 2. The van der Waals surface area contributed by atoms with Gasteiger partial charge in [-0.3, -0.25) is 9.59 Å². The van der Waals surface area contributed by atoms with Crippen molar-refractivity contribution in [2.24, 2.45) is 0 Å². The van der Waals surface area contributed by atoms with E-state index in [9.17, 15) is 9.59 Å². The molecule has 1 aliphatic heterocycles. The van der Waals surface area contributed by atoms with Crippen molar-refractivity contribution in [1.82, 2.24) is 9.80 Å². The molecule has 2 aromatic rings. The molecule has 0 aromatic heterocycles. The van der Waals surface area contributed by atoms with Gasteiger partial charge in [-0.05, 0) is 80.6 Å². The Balaban J connectivity index is 1.55. The van der Waals surface area contributed by atoms with Crippen LogP contribution in [0.25, 0.3) is 0 Å². The van der Waals surface area contributed by atoms with Gasteiger partial charge >= 0.3 is 0 Å². The van der Waals surface area contributed by atoms with Crippen LogP contribution in [-0.4, -0.2) is 54.4 Å². The highest BCUT2D eigenvalue weighted by atomic mass is 16.5. The lowest BCUT2D eigenvalue weighted by Gasteiger charge is -2.22. The Bertz CT molecular complexity index is 907. The number of ether oxygens (including phenoxy) is 1. The summed E-state index contributed by atoms with van der Waals surface area (Å²) in [6.45, 7) is 10.5. The van der Waals surface area contributed by atoms with E-state index >= 15 is 0 Å². The Hall–Kier alpha value is -2.82. The molecule has 0 unspecified atom stereocenters. The Morgan fingerprint density at radius 3 is 2.10 bits per heavy atom. The molecule has 1 aliphatic rings. The molecule has 0 atom stereocenters. The van der Waals surface area contributed by atoms with Crippen molar-refractivity contribution >= 4 is 11.8 Å². The van der Waals surface area contributed by atoms with Crippen molar-refractivity contribution in [3.8, 4) is 5.75 Å². The first kappa shape index (κ1) is 20.9. The van der Waals surface area contributed by atoms with E-state index in [1.54, 1.807) is 4.90 Å². The predicted octanol–water partition coefficient (Wildman–Crippen LogP) is 3.67. The number of aryl methyl sites for hydroxylation is 4. The summed E-state index contributed by atoms with van der Waals surface area (Å²) in [5.74, 6) is 0.709. The van der Waals surface area contributed by atoms with Gasteiger partial charge in [0.05, 0.1) is 0 Å². The monoisotopic (exact) mass is 394 g/mol. The van der Waals surface area contributed by atoms with Crippen LogP contribution in [0, 0.1) is 27.7 Å². The molecule has 5 nitrogen and oxygen atoms in total. The number of rotatable bonds is 4. The second-order valence-corrected chi connectivity index (χ2v) is 7.86. The molecule has 0 N–H and O–H groups in total. The molecule has 0 spiro atoms. The lowest BCUT2D eigenvalue weighted by Crippen LogP contribution is -2.39. The normalized spacial score (nSPS) is 14.5. The lowest BCUT2D eigenvalue weighted by atomic mass is 10.1. The molecule has 1 fully saturated rings. The highest BCUT2D eigenvalue weighted by Gasteiger charge is 2.23. The van der Waals surface area contributed by atoms with Gasteiger partial charge in [0, 0.05) is 31.7 Å². The van der Waals surface area contributed by atoms with Crippen LogP contribution in [0.1, 0.15) is 39.0 Å². The minimum atomic E-state index is -0.0382. The molecule has 154 valence electrons. The van der Waals surface area contributed by atoms with Crippen molar-refractivity contribution in [1.29, 1.82) is 0 Å². The average Bonchev–Trinajstić information content (AvgIpc) is 2.96. The van der Waals surface area contributed by atoms with Crippen LogP contribution in [-0.2, 0) is 4.79 Å². The summed E-state index contributed by atoms with van der Waals surface area (Å²) in [5.41, 5.74) is 5.35. The largest absolute Gasteiger partial charge is 0.484 e. The maximum Gasteiger partial charge on any atom is 0.260 e. The van der Waals surface area contributed by atoms with Crippen LogP contribution in [0.2, 0.25) is 0 Å². The zero-order valence-electron chi connectivity index (χ0n) is 17.8. The second kappa shape index (κ2) is 9.12. The summed E-state index contributed by atoms with van der Waals surface area (Å²) in [4.78, 5) is 29.1. The van der Waals surface area contributed by atoms with E-state index < -0.39 is 0 Å². The third kappa shape index (κ3) is 5.17. The van der Waals surface area contributed by atoms with E-state index in [2.05, 4.69) is 0 Å². The lowest BCUT2D eigenvalue weighted by molar-refractivity contribution is -0.133. The first-order chi connectivity index (χ1) is 13.8. The number of hydrogen-bond acceptors (Lipinski definition) is 3. The van der Waals surface area contributed by atoms with Crippen LogP contribution in [0.4, 0.5) is 0 Å². The van der Waals surface area contributed by atoms with Gasteiger partial charge in [-0.25, -0.2) is 0 Å². The highest BCUT2D eigenvalue weighted by Crippen LogP contribution is 2.17. The first-order valence-corrected chi connectivity index (χ1v) is 10.2. The topological polar surface area (TPSA) is 49.9 Å². The number of benzene rings is 2. The second-order valence-electron chi connectivity index (χ2n) is 7.86. The van der Waals surface area contributed by atoms with E-state index in [1.807, 2.05) is 69.0 Å². The fourth-order valence-corrected chi connectivity index (χ4v) is 3.47. The van der Waals surface area contributed by atoms with Gasteiger partial charge in [0.2, 0.25) is 0 Å². The molecule has 0 aliphatic carbocycles. The van der Waals surface area contributed by atoms with Crippen molar-refractivity contribution in [2.45, 2.75) is 34.1 Å². The number of amides is 2. The van der Waals surface area contributed by atoms with Crippen molar-refractivity contribution in [3.63, 3.8) is 0 Å². The Morgan fingerprint density at radius 2 is 1.41 bits per heavy atom. The van der Waals surface area contributed by atoms with Crippen molar-refractivity contribution < 1.29 is 14.3 Å². The third-order valence-corrected chi connectivity index (χ3v) is 5.73. The minimum Gasteiger partial charge on any atom is -0.484 e. The molecule has 0 radical (unpaired) electrons. The number of hydrogen-bond donors (Lipinski definition) is 0.